The van der Waals surface area contributed by atoms with Crippen molar-refractivity contribution in [1.29, 1.82) is 0 Å². The highest BCUT2D eigenvalue weighted by Crippen LogP contribution is 2.28. The van der Waals surface area contributed by atoms with Crippen LogP contribution in [0, 0.1) is 11.8 Å². The summed E-state index contributed by atoms with van der Waals surface area (Å²) < 4.78 is 43.6. The van der Waals surface area contributed by atoms with Crippen LogP contribution in [0.25, 0.3) is 0 Å². The van der Waals surface area contributed by atoms with E-state index in [0.717, 1.165) is 4.31 Å². The lowest BCUT2D eigenvalue weighted by molar-refractivity contribution is -0.150. The van der Waals surface area contributed by atoms with E-state index in [4.69, 9.17) is 14.2 Å². The van der Waals surface area contributed by atoms with Crippen LogP contribution in [0.2, 0.25) is 0 Å². The van der Waals surface area contributed by atoms with Gasteiger partial charge >= 0.3 is 0 Å². The smallest absolute Gasteiger partial charge is 0.285 e. The Morgan fingerprint density at radius 3 is 2.52 bits per heavy atom. The monoisotopic (exact) mass is 456 g/mol. The number of hydrogen-bond donors (Lipinski definition) is 2. The molecule has 1 aromatic carbocycles. The molecule has 2 N–H and O–H groups in total. The van der Waals surface area contributed by atoms with Gasteiger partial charge in [-0.25, -0.2) is 8.42 Å². The Balaban J connectivity index is 2.04. The van der Waals surface area contributed by atoms with Crippen LogP contribution in [0.4, 0.5) is 0 Å². The Kier molecular flexibility index (Phi) is 9.30. The normalized spacial score (nSPS) is 19.1. The first-order valence-electron chi connectivity index (χ1n) is 10.2. The van der Waals surface area contributed by atoms with Crippen LogP contribution in [0.1, 0.15) is 20.3 Å². The number of benzene rings is 1. The summed E-state index contributed by atoms with van der Waals surface area (Å²) in [6.45, 7) is 3.78. The van der Waals surface area contributed by atoms with Gasteiger partial charge in [0.15, 0.2) is 5.76 Å². The summed E-state index contributed by atoms with van der Waals surface area (Å²) in [7, 11) is -0.795. The van der Waals surface area contributed by atoms with Crippen molar-refractivity contribution in [1.82, 2.24) is 9.62 Å². The van der Waals surface area contributed by atoms with E-state index in [0.29, 0.717) is 12.2 Å². The number of nitrogens with one attached hydrogen (secondary N) is 1. The number of sulfonamides is 1. The van der Waals surface area contributed by atoms with Crippen LogP contribution in [0.15, 0.2) is 41.0 Å². The van der Waals surface area contributed by atoms with Crippen LogP contribution in [-0.2, 0) is 24.3 Å². The maximum Gasteiger partial charge on any atom is 0.285 e. The number of methoxy groups -OCH3 is 1. The molecule has 1 heterocycles. The van der Waals surface area contributed by atoms with Crippen molar-refractivity contribution in [2.24, 2.45) is 11.8 Å². The van der Waals surface area contributed by atoms with Gasteiger partial charge in [0.2, 0.25) is 16.3 Å². The molecule has 0 fully saturated rings. The number of nitrogens with zero attached hydrogens (tertiary/aromatic N) is 1. The Hall–Kier alpha value is -2.14. The molecule has 1 amide bonds. The standard InChI is InChI=1S/C21H32N2O7S/c1-15(2)16-13-19(21(25)22-3)30-20(14-16)29-12-10-23(9-11-24)31(26,27)18-7-5-17(28-4)6-8-18/h5-8,13,15-16,20,24H,9-12,14H2,1-4H3,(H,22,25)/t16-,20+/m0/s1. The van der Waals surface area contributed by atoms with E-state index >= 15 is 0 Å². The summed E-state index contributed by atoms with van der Waals surface area (Å²) in [4.78, 5) is 12.1. The summed E-state index contributed by atoms with van der Waals surface area (Å²) in [6, 6.07) is 6.04. The van der Waals surface area contributed by atoms with E-state index in [9.17, 15) is 18.3 Å². The predicted octanol–water partition coefficient (Wildman–Crippen LogP) is 1.34. The van der Waals surface area contributed by atoms with Crippen molar-refractivity contribution in [3.8, 4) is 5.75 Å². The minimum Gasteiger partial charge on any atom is -0.497 e. The molecule has 0 saturated heterocycles. The minimum absolute atomic E-state index is 0.0279. The maximum atomic E-state index is 13.0. The van der Waals surface area contributed by atoms with Gasteiger partial charge in [-0.3, -0.25) is 4.79 Å². The number of carbonyl (C=O) groups is 1. The van der Waals surface area contributed by atoms with E-state index in [1.807, 2.05) is 0 Å². The molecule has 0 spiro atoms. The lowest BCUT2D eigenvalue weighted by Crippen LogP contribution is -2.38. The summed E-state index contributed by atoms with van der Waals surface area (Å²) in [5, 5.41) is 11.9. The highest BCUT2D eigenvalue weighted by Gasteiger charge is 2.30. The highest BCUT2D eigenvalue weighted by molar-refractivity contribution is 7.89. The molecule has 31 heavy (non-hydrogen) atoms. The molecule has 9 nitrogen and oxygen atoms in total. The number of aliphatic hydroxyl groups is 1. The summed E-state index contributed by atoms with van der Waals surface area (Å²) >= 11 is 0. The van der Waals surface area contributed by atoms with Crippen LogP contribution in [-0.4, -0.2) is 70.5 Å². The zero-order valence-electron chi connectivity index (χ0n) is 18.4. The number of aliphatic hydroxyl groups excluding tert-OH is 1. The Labute approximate surface area is 184 Å². The molecule has 2 rings (SSSR count). The van der Waals surface area contributed by atoms with E-state index in [2.05, 4.69) is 19.2 Å². The number of allylic oxidation sites excluding steroid dienone is 1. The number of amides is 1. The zero-order chi connectivity index (χ0) is 23.0. The zero-order valence-corrected chi connectivity index (χ0v) is 19.2. The van der Waals surface area contributed by atoms with E-state index in [-0.39, 0.29) is 54.7 Å². The molecule has 0 bridgehead atoms. The highest BCUT2D eigenvalue weighted by atomic mass is 32.2. The third kappa shape index (κ3) is 6.67. The van der Waals surface area contributed by atoms with E-state index in [1.54, 1.807) is 18.2 Å². The van der Waals surface area contributed by atoms with Crippen LogP contribution in [0.5, 0.6) is 5.75 Å². The third-order valence-corrected chi connectivity index (χ3v) is 7.00. The van der Waals surface area contributed by atoms with Crippen molar-refractivity contribution < 1.29 is 32.5 Å². The fraction of sp³-hybridized carbons (Fsp3) is 0.571. The number of carbonyl (C=O) groups excluding carboxylic acids is 1. The molecular formula is C21H32N2O7S. The van der Waals surface area contributed by atoms with Gasteiger partial charge in [-0.15, -0.1) is 0 Å². The van der Waals surface area contributed by atoms with Crippen molar-refractivity contribution in [3.63, 3.8) is 0 Å². The van der Waals surface area contributed by atoms with Gasteiger partial charge in [-0.05, 0) is 42.2 Å². The molecule has 1 aliphatic rings. The molecule has 0 aliphatic carbocycles. The molecule has 0 radical (unpaired) electrons. The first kappa shape index (κ1) is 25.1. The molecule has 1 aliphatic heterocycles. The predicted molar refractivity (Wildman–Crippen MR) is 115 cm³/mol. The number of ether oxygens (including phenoxy) is 3. The second-order valence-electron chi connectivity index (χ2n) is 7.48. The molecule has 2 atom stereocenters. The Morgan fingerprint density at radius 2 is 1.97 bits per heavy atom. The minimum atomic E-state index is -3.82. The summed E-state index contributed by atoms with van der Waals surface area (Å²) in [5.74, 6) is 0.808. The van der Waals surface area contributed by atoms with Crippen molar-refractivity contribution in [2.75, 3.05) is 40.5 Å². The van der Waals surface area contributed by atoms with Crippen molar-refractivity contribution in [2.45, 2.75) is 31.5 Å². The average Bonchev–Trinajstić information content (AvgIpc) is 2.77. The molecule has 174 valence electrons. The summed E-state index contributed by atoms with van der Waals surface area (Å²) in [6.07, 6.45) is 1.70. The Morgan fingerprint density at radius 1 is 1.29 bits per heavy atom. The largest absolute Gasteiger partial charge is 0.497 e. The van der Waals surface area contributed by atoms with Gasteiger partial charge in [-0.1, -0.05) is 13.8 Å². The van der Waals surface area contributed by atoms with E-state index < -0.39 is 16.3 Å². The van der Waals surface area contributed by atoms with Gasteiger partial charge in [0.1, 0.15) is 5.75 Å². The average molecular weight is 457 g/mol. The van der Waals surface area contributed by atoms with Crippen LogP contribution < -0.4 is 10.1 Å². The maximum absolute atomic E-state index is 13.0. The van der Waals surface area contributed by atoms with Gasteiger partial charge in [0.25, 0.3) is 5.91 Å². The molecule has 10 heteroatoms. The SMILES string of the molecule is CNC(=O)C1=C[C@H](C(C)C)C[C@H](OCCN(CCO)S(=O)(=O)c2ccc(OC)cc2)O1. The van der Waals surface area contributed by atoms with Gasteiger partial charge < -0.3 is 24.6 Å². The fourth-order valence-corrected chi connectivity index (χ4v) is 4.59. The summed E-state index contributed by atoms with van der Waals surface area (Å²) in [5.41, 5.74) is 0. The number of rotatable bonds is 11. The quantitative estimate of drug-likeness (QED) is 0.516. The molecule has 0 aromatic heterocycles. The second kappa shape index (κ2) is 11.5. The number of likely N-dealkylation sites (N-methyl/N-ethyl adjacent to an activating group) is 1. The topological polar surface area (TPSA) is 114 Å². The van der Waals surface area contributed by atoms with Crippen molar-refractivity contribution >= 4 is 15.9 Å². The van der Waals surface area contributed by atoms with Crippen molar-refractivity contribution in [3.05, 3.63) is 36.1 Å². The van der Waals surface area contributed by atoms with Gasteiger partial charge in [0, 0.05) is 26.6 Å². The first-order chi connectivity index (χ1) is 14.7. The molecule has 0 saturated carbocycles. The van der Waals surface area contributed by atoms with E-state index in [1.165, 1.54) is 26.3 Å². The fourth-order valence-electron chi connectivity index (χ4n) is 3.18. The molecule has 0 unspecified atom stereocenters. The molecular weight excluding hydrogens is 424 g/mol. The van der Waals surface area contributed by atoms with Crippen LogP contribution >= 0.6 is 0 Å². The van der Waals surface area contributed by atoms with Gasteiger partial charge in [0.05, 0.1) is 25.2 Å². The Bertz CT molecular complexity index is 853. The third-order valence-electron chi connectivity index (χ3n) is 5.09. The first-order valence-corrected chi connectivity index (χ1v) is 11.6. The van der Waals surface area contributed by atoms with Crippen LogP contribution in [0.3, 0.4) is 0 Å². The van der Waals surface area contributed by atoms with Gasteiger partial charge in [-0.2, -0.15) is 4.31 Å². The number of hydrogen-bond acceptors (Lipinski definition) is 7. The lowest BCUT2D eigenvalue weighted by Gasteiger charge is -2.31. The second-order valence-corrected chi connectivity index (χ2v) is 9.41. The molecule has 1 aromatic rings. The lowest BCUT2D eigenvalue weighted by atomic mass is 9.90.